The van der Waals surface area contributed by atoms with Crippen molar-refractivity contribution < 1.29 is 80.2 Å². The molecule has 0 heterocycles. The Morgan fingerprint density at radius 3 is 0.708 bits per heavy atom. The fraction of sp³-hybridized carbons (Fsp3) is 0.948. The topological polar surface area (TPSA) is 237 Å². The van der Waals surface area contributed by atoms with Gasteiger partial charge in [-0.15, -0.1) is 0 Å². The maximum Gasteiger partial charge on any atom is 0.472 e. The van der Waals surface area contributed by atoms with E-state index < -0.39 is 97.5 Å². The van der Waals surface area contributed by atoms with E-state index in [0.717, 1.165) is 102 Å². The molecule has 17 nitrogen and oxygen atoms in total. The van der Waals surface area contributed by atoms with Crippen molar-refractivity contribution in [2.45, 2.75) is 419 Å². The van der Waals surface area contributed by atoms with Crippen LogP contribution < -0.4 is 0 Å². The number of hydrogen-bond acceptors (Lipinski definition) is 15. The van der Waals surface area contributed by atoms with Crippen LogP contribution in [0.4, 0.5) is 0 Å². The van der Waals surface area contributed by atoms with E-state index in [1.165, 1.54) is 212 Å². The van der Waals surface area contributed by atoms with E-state index in [2.05, 4.69) is 41.5 Å². The van der Waals surface area contributed by atoms with Crippen LogP contribution in [0.1, 0.15) is 401 Å². The highest BCUT2D eigenvalue weighted by Crippen LogP contribution is 2.45. The van der Waals surface area contributed by atoms with Crippen molar-refractivity contribution in [2.75, 3.05) is 39.6 Å². The van der Waals surface area contributed by atoms with Gasteiger partial charge in [0.05, 0.1) is 26.4 Å². The average molecular weight is 1410 g/mol. The Morgan fingerprint density at radius 1 is 0.281 bits per heavy atom. The van der Waals surface area contributed by atoms with Crippen LogP contribution in [0.3, 0.4) is 0 Å². The number of carbonyl (C=O) groups is 4. The van der Waals surface area contributed by atoms with Crippen molar-refractivity contribution >= 4 is 39.5 Å². The third kappa shape index (κ3) is 70.5. The number of phosphoric acid groups is 2. The van der Waals surface area contributed by atoms with Gasteiger partial charge in [0, 0.05) is 25.7 Å². The first-order valence-electron chi connectivity index (χ1n) is 40.0. The molecule has 0 amide bonds. The van der Waals surface area contributed by atoms with E-state index in [0.29, 0.717) is 31.6 Å². The van der Waals surface area contributed by atoms with E-state index in [-0.39, 0.29) is 25.7 Å². The van der Waals surface area contributed by atoms with E-state index in [1.54, 1.807) is 0 Å². The van der Waals surface area contributed by atoms with Crippen LogP contribution >= 0.6 is 15.6 Å². The second-order valence-electron chi connectivity index (χ2n) is 28.7. The average Bonchev–Trinajstić information content (AvgIpc) is 1.19. The molecule has 19 heteroatoms. The van der Waals surface area contributed by atoms with Crippen LogP contribution in [0.2, 0.25) is 0 Å². The molecule has 570 valence electrons. The molecule has 2 unspecified atom stereocenters. The van der Waals surface area contributed by atoms with Crippen molar-refractivity contribution in [3.63, 3.8) is 0 Å². The summed E-state index contributed by atoms with van der Waals surface area (Å²) >= 11 is 0. The zero-order chi connectivity index (χ0) is 70.7. The Balaban J connectivity index is 5.24. The largest absolute Gasteiger partial charge is 0.472 e. The zero-order valence-electron chi connectivity index (χ0n) is 62.7. The predicted molar refractivity (Wildman–Crippen MR) is 391 cm³/mol. The van der Waals surface area contributed by atoms with Crippen LogP contribution in [-0.4, -0.2) is 96.7 Å². The molecule has 0 aromatic rings. The van der Waals surface area contributed by atoms with Crippen molar-refractivity contribution in [1.82, 2.24) is 0 Å². The maximum absolute atomic E-state index is 13.1. The van der Waals surface area contributed by atoms with Gasteiger partial charge in [-0.05, 0) is 37.5 Å². The number of aliphatic hydroxyl groups excluding tert-OH is 1. The van der Waals surface area contributed by atoms with Crippen LogP contribution in [-0.2, 0) is 65.4 Å². The lowest BCUT2D eigenvalue weighted by Crippen LogP contribution is -2.30. The number of aliphatic hydroxyl groups is 1. The number of phosphoric ester groups is 2. The lowest BCUT2D eigenvalue weighted by atomic mass is 10.0. The summed E-state index contributed by atoms with van der Waals surface area (Å²) < 4.78 is 68.6. The Labute approximate surface area is 588 Å². The Hall–Kier alpha value is -1.94. The molecule has 0 spiro atoms. The number of carbonyl (C=O) groups excluding carboxylic acids is 4. The fourth-order valence-corrected chi connectivity index (χ4v) is 13.4. The van der Waals surface area contributed by atoms with Gasteiger partial charge in [0.25, 0.3) is 0 Å². The molecule has 0 aromatic heterocycles. The van der Waals surface area contributed by atoms with Crippen molar-refractivity contribution in [2.24, 2.45) is 11.8 Å². The molecule has 0 saturated heterocycles. The molecule has 0 rings (SSSR count). The third-order valence-electron chi connectivity index (χ3n) is 18.0. The third-order valence-corrected chi connectivity index (χ3v) is 19.9. The van der Waals surface area contributed by atoms with Crippen LogP contribution in [0.25, 0.3) is 0 Å². The summed E-state index contributed by atoms with van der Waals surface area (Å²) in [5.41, 5.74) is 0. The first-order valence-corrected chi connectivity index (χ1v) is 43.0. The van der Waals surface area contributed by atoms with Gasteiger partial charge in [-0.3, -0.25) is 37.3 Å². The predicted octanol–water partition coefficient (Wildman–Crippen LogP) is 22.7. The summed E-state index contributed by atoms with van der Waals surface area (Å²) in [6, 6.07) is 0. The van der Waals surface area contributed by atoms with Gasteiger partial charge in [-0.2, -0.15) is 0 Å². The van der Waals surface area contributed by atoms with Crippen molar-refractivity contribution in [3.8, 4) is 0 Å². The molecule has 96 heavy (non-hydrogen) atoms. The molecule has 0 aliphatic rings. The Bertz CT molecular complexity index is 1860. The van der Waals surface area contributed by atoms with Crippen LogP contribution in [0.5, 0.6) is 0 Å². The molecular weight excluding hydrogens is 1260 g/mol. The quantitative estimate of drug-likeness (QED) is 0.0222. The Morgan fingerprint density at radius 2 is 0.479 bits per heavy atom. The minimum atomic E-state index is -4.96. The van der Waals surface area contributed by atoms with E-state index >= 15 is 0 Å². The molecule has 5 atom stereocenters. The second-order valence-corrected chi connectivity index (χ2v) is 31.6. The highest BCUT2D eigenvalue weighted by Gasteiger charge is 2.30. The second kappa shape index (κ2) is 68.8. The molecule has 0 aliphatic carbocycles. The number of ether oxygens (including phenoxy) is 4. The van der Waals surface area contributed by atoms with Gasteiger partial charge >= 0.3 is 39.5 Å². The van der Waals surface area contributed by atoms with Gasteiger partial charge in [-0.1, -0.05) is 350 Å². The van der Waals surface area contributed by atoms with Crippen molar-refractivity contribution in [3.05, 3.63) is 0 Å². The normalized spacial score (nSPS) is 14.0. The standard InChI is InChI=1S/C77H150O17P2/c1-7-9-11-13-15-17-19-21-22-23-24-28-32-35-41-47-53-59-74(79)87-65-72(93-77(82)62-56-50-43-37-33-29-26-25-27-30-34-39-45-51-57-69(3)4)67-91-95(83,84)89-63-71(78)64-90-96(85,86)92-68-73(66-88-75(80)60-54-48-44-38-40-46-52-58-70(5)6)94-76(81)61-55-49-42-36-31-20-18-16-14-12-10-8-2/h69-73,78H,7-68H2,1-6H3,(H,83,84)(H,85,86)/t71-,72-,73-/m1/s1. The summed E-state index contributed by atoms with van der Waals surface area (Å²) in [4.78, 5) is 72.8. The summed E-state index contributed by atoms with van der Waals surface area (Å²) in [7, 11) is -9.91. The molecule has 0 fully saturated rings. The number of esters is 4. The molecule has 0 saturated carbocycles. The first-order chi connectivity index (χ1) is 46.4. The van der Waals surface area contributed by atoms with E-state index in [9.17, 15) is 43.2 Å². The summed E-state index contributed by atoms with van der Waals surface area (Å²) in [6.45, 7) is 9.57. The fourth-order valence-electron chi connectivity index (χ4n) is 11.8. The molecule has 0 radical (unpaired) electrons. The monoisotopic (exact) mass is 1410 g/mol. The van der Waals surface area contributed by atoms with Crippen LogP contribution in [0, 0.1) is 11.8 Å². The zero-order valence-corrected chi connectivity index (χ0v) is 64.5. The summed E-state index contributed by atoms with van der Waals surface area (Å²) in [5, 5.41) is 10.6. The molecule has 0 aliphatic heterocycles. The molecule has 0 bridgehead atoms. The lowest BCUT2D eigenvalue weighted by molar-refractivity contribution is -0.161. The lowest BCUT2D eigenvalue weighted by Gasteiger charge is -2.21. The SMILES string of the molecule is CCCCCCCCCCCCCCCCCCCC(=O)OC[C@H](COP(=O)(O)OC[C@@H](O)COP(=O)(O)OC[C@@H](COC(=O)CCCCCCCCCC(C)C)OC(=O)CCCCCCCCCCCCCC)OC(=O)CCCCCCCCCCCCCCCCC(C)C. The smallest absolute Gasteiger partial charge is 0.462 e. The van der Waals surface area contributed by atoms with E-state index in [1.807, 2.05) is 0 Å². The van der Waals surface area contributed by atoms with Gasteiger partial charge in [0.1, 0.15) is 19.3 Å². The first kappa shape index (κ1) is 94.1. The summed E-state index contributed by atoms with van der Waals surface area (Å²) in [5.74, 6) is -0.613. The molecule has 0 aromatic carbocycles. The highest BCUT2D eigenvalue weighted by molar-refractivity contribution is 7.47. The van der Waals surface area contributed by atoms with Gasteiger partial charge in [0.2, 0.25) is 0 Å². The minimum absolute atomic E-state index is 0.107. The van der Waals surface area contributed by atoms with Gasteiger partial charge < -0.3 is 33.8 Å². The Kier molecular flexibility index (Phi) is 67.4. The van der Waals surface area contributed by atoms with E-state index in [4.69, 9.17) is 37.0 Å². The van der Waals surface area contributed by atoms with Crippen LogP contribution in [0.15, 0.2) is 0 Å². The molecular formula is C77H150O17P2. The van der Waals surface area contributed by atoms with Gasteiger partial charge in [0.15, 0.2) is 12.2 Å². The van der Waals surface area contributed by atoms with Crippen molar-refractivity contribution in [1.29, 1.82) is 0 Å². The maximum atomic E-state index is 13.1. The number of rotatable bonds is 76. The van der Waals surface area contributed by atoms with Gasteiger partial charge in [-0.25, -0.2) is 9.13 Å². The minimum Gasteiger partial charge on any atom is -0.462 e. The number of hydrogen-bond donors (Lipinski definition) is 3. The number of unbranched alkanes of at least 4 members (excludes halogenated alkanes) is 46. The molecule has 3 N–H and O–H groups in total. The summed E-state index contributed by atoms with van der Waals surface area (Å²) in [6.07, 6.45) is 56.9. The highest BCUT2D eigenvalue weighted by atomic mass is 31.2.